The number of hydrogen-bond donors (Lipinski definition) is 2. The molecule has 1 radical (unpaired) electrons. The zero-order chi connectivity index (χ0) is 7.40. The number of carbonyl (C=O) groups excluding carboxylic acids is 1. The van der Waals surface area contributed by atoms with E-state index >= 15 is 0 Å². The van der Waals surface area contributed by atoms with Crippen molar-refractivity contribution in [2.24, 2.45) is 0 Å². The van der Waals surface area contributed by atoms with Crippen LogP contribution < -0.4 is 11.1 Å². The van der Waals surface area contributed by atoms with E-state index in [1.54, 1.807) is 18.2 Å². The second-order valence-electron chi connectivity index (χ2n) is 1.82. The fraction of sp³-hybridized carbons (Fsp3) is 0. The largest absolute Gasteiger partial charge is 0.399 e. The topological polar surface area (TPSA) is 55.1 Å². The molecule has 0 spiro atoms. The molecule has 0 bridgehead atoms. The maximum Gasteiger partial charge on any atom is 0.211 e. The van der Waals surface area contributed by atoms with E-state index in [2.05, 4.69) is 11.4 Å². The van der Waals surface area contributed by atoms with Gasteiger partial charge in [0, 0.05) is 11.4 Å². The van der Waals surface area contributed by atoms with Crippen molar-refractivity contribution in [2.45, 2.75) is 0 Å². The summed E-state index contributed by atoms with van der Waals surface area (Å²) in [5.74, 6) is 0. The van der Waals surface area contributed by atoms with Crippen LogP contribution in [0.5, 0.6) is 0 Å². The Morgan fingerprint density at radius 2 is 2.40 bits per heavy atom. The lowest BCUT2D eigenvalue weighted by molar-refractivity contribution is -0.105. The molecule has 0 unspecified atom stereocenters. The van der Waals surface area contributed by atoms with Gasteiger partial charge in [-0.3, -0.25) is 4.79 Å². The number of nitrogens with one attached hydrogen (secondary N) is 1. The van der Waals surface area contributed by atoms with Gasteiger partial charge in [-0.2, -0.15) is 0 Å². The standard InChI is InChI=1S/C7H7N2O/c8-6-2-1-3-7(4-6)9-5-10/h2-5H,8H2,(H,9,10). The average molecular weight is 135 g/mol. The minimum atomic E-state index is 0.590. The van der Waals surface area contributed by atoms with E-state index in [9.17, 15) is 4.79 Å². The molecule has 0 fully saturated rings. The highest BCUT2D eigenvalue weighted by molar-refractivity contribution is 5.72. The highest BCUT2D eigenvalue weighted by Gasteiger charge is 1.88. The Bertz CT molecular complexity index is 235. The second-order valence-corrected chi connectivity index (χ2v) is 1.82. The molecule has 1 aromatic rings. The van der Waals surface area contributed by atoms with Gasteiger partial charge in [-0.15, -0.1) is 0 Å². The SMILES string of the molecule is Nc1c[c]cc(NC=O)c1. The third-order valence-electron chi connectivity index (χ3n) is 1.04. The number of amides is 1. The summed E-state index contributed by atoms with van der Waals surface area (Å²) in [5, 5.41) is 2.46. The van der Waals surface area contributed by atoms with Gasteiger partial charge >= 0.3 is 0 Å². The van der Waals surface area contributed by atoms with Crippen molar-refractivity contribution >= 4 is 17.8 Å². The van der Waals surface area contributed by atoms with Gasteiger partial charge in [-0.25, -0.2) is 0 Å². The van der Waals surface area contributed by atoms with Crippen LogP contribution in [0.4, 0.5) is 11.4 Å². The van der Waals surface area contributed by atoms with E-state index in [0.717, 1.165) is 0 Å². The van der Waals surface area contributed by atoms with Gasteiger partial charge in [0.1, 0.15) is 0 Å². The molecule has 0 aliphatic carbocycles. The maximum atomic E-state index is 9.92. The maximum absolute atomic E-state index is 9.92. The summed E-state index contributed by atoms with van der Waals surface area (Å²) < 4.78 is 0. The molecule has 3 nitrogen and oxygen atoms in total. The number of benzene rings is 1. The summed E-state index contributed by atoms with van der Waals surface area (Å²) in [6.45, 7) is 0. The van der Waals surface area contributed by atoms with Crippen molar-refractivity contribution < 1.29 is 4.79 Å². The predicted octanol–water partition coefficient (Wildman–Crippen LogP) is 0.637. The van der Waals surface area contributed by atoms with Crippen LogP contribution in [0.25, 0.3) is 0 Å². The zero-order valence-electron chi connectivity index (χ0n) is 5.29. The smallest absolute Gasteiger partial charge is 0.211 e. The molecule has 1 amide bonds. The molecule has 0 heterocycles. The third-order valence-corrected chi connectivity index (χ3v) is 1.04. The number of rotatable bonds is 2. The minimum absolute atomic E-state index is 0.590. The van der Waals surface area contributed by atoms with E-state index in [0.29, 0.717) is 17.8 Å². The van der Waals surface area contributed by atoms with Crippen LogP contribution in [0.2, 0.25) is 0 Å². The van der Waals surface area contributed by atoms with E-state index in [1.807, 2.05) is 0 Å². The van der Waals surface area contributed by atoms with Gasteiger partial charge in [0.25, 0.3) is 0 Å². The Balaban J connectivity index is 2.84. The number of nitrogen functional groups attached to an aromatic ring is 1. The molecule has 0 aromatic heterocycles. The van der Waals surface area contributed by atoms with Crippen LogP contribution in [0.1, 0.15) is 0 Å². The van der Waals surface area contributed by atoms with Crippen molar-refractivity contribution in [3.63, 3.8) is 0 Å². The molecule has 51 valence electrons. The molecule has 0 aliphatic rings. The number of anilines is 2. The summed E-state index contributed by atoms with van der Waals surface area (Å²) in [4.78, 5) is 9.92. The fourth-order valence-corrected chi connectivity index (χ4v) is 0.642. The molecule has 3 N–H and O–H groups in total. The fourth-order valence-electron chi connectivity index (χ4n) is 0.642. The lowest BCUT2D eigenvalue weighted by atomic mass is 10.3. The summed E-state index contributed by atoms with van der Waals surface area (Å²) in [6.07, 6.45) is 0.600. The van der Waals surface area contributed by atoms with E-state index in [1.165, 1.54) is 0 Å². The molecule has 3 heteroatoms. The van der Waals surface area contributed by atoms with Gasteiger partial charge < -0.3 is 11.1 Å². The Kier molecular flexibility index (Phi) is 1.89. The minimum Gasteiger partial charge on any atom is -0.399 e. The lowest BCUT2D eigenvalue weighted by Crippen LogP contribution is -1.94. The summed E-state index contributed by atoms with van der Waals surface area (Å²) >= 11 is 0. The quantitative estimate of drug-likeness (QED) is 0.461. The second kappa shape index (κ2) is 2.87. The highest BCUT2D eigenvalue weighted by Crippen LogP contribution is 2.09. The zero-order valence-corrected chi connectivity index (χ0v) is 5.29. The van der Waals surface area contributed by atoms with E-state index in [-0.39, 0.29) is 0 Å². The van der Waals surface area contributed by atoms with Gasteiger partial charge in [0.15, 0.2) is 0 Å². The molecular formula is C7H7N2O. The van der Waals surface area contributed by atoms with Crippen molar-refractivity contribution in [1.82, 2.24) is 0 Å². The van der Waals surface area contributed by atoms with Crippen LogP contribution in [0.15, 0.2) is 18.2 Å². The Morgan fingerprint density at radius 1 is 1.60 bits per heavy atom. The molecule has 0 atom stereocenters. The normalized spacial score (nSPS) is 8.80. The van der Waals surface area contributed by atoms with Gasteiger partial charge in [0.2, 0.25) is 6.41 Å². The Labute approximate surface area is 58.8 Å². The molecule has 1 rings (SSSR count). The number of nitrogens with two attached hydrogens (primary N) is 1. The van der Waals surface area contributed by atoms with E-state index in [4.69, 9.17) is 5.73 Å². The van der Waals surface area contributed by atoms with Crippen LogP contribution in [0.3, 0.4) is 0 Å². The Hall–Kier alpha value is -1.51. The average Bonchev–Trinajstić information content (AvgIpc) is 1.88. The first-order valence-corrected chi connectivity index (χ1v) is 2.80. The molecular weight excluding hydrogens is 128 g/mol. The monoisotopic (exact) mass is 135 g/mol. The molecule has 0 saturated carbocycles. The highest BCUT2D eigenvalue weighted by atomic mass is 16.1. The predicted molar refractivity (Wildman–Crippen MR) is 39.4 cm³/mol. The van der Waals surface area contributed by atoms with Crippen LogP contribution in [-0.2, 0) is 4.79 Å². The summed E-state index contributed by atoms with van der Waals surface area (Å²) in [7, 11) is 0. The number of hydrogen-bond acceptors (Lipinski definition) is 2. The first-order chi connectivity index (χ1) is 4.83. The lowest BCUT2D eigenvalue weighted by Gasteiger charge is -1.97. The van der Waals surface area contributed by atoms with E-state index < -0.39 is 0 Å². The van der Waals surface area contributed by atoms with Crippen molar-refractivity contribution in [2.75, 3.05) is 11.1 Å². The molecule has 1 aromatic carbocycles. The van der Waals surface area contributed by atoms with Crippen molar-refractivity contribution in [3.8, 4) is 0 Å². The third kappa shape index (κ3) is 1.48. The summed E-state index contributed by atoms with van der Waals surface area (Å²) in [6, 6.07) is 7.70. The van der Waals surface area contributed by atoms with Crippen molar-refractivity contribution in [1.29, 1.82) is 0 Å². The van der Waals surface area contributed by atoms with Crippen LogP contribution in [0, 0.1) is 6.07 Å². The summed E-state index contributed by atoms with van der Waals surface area (Å²) in [5.41, 5.74) is 6.65. The van der Waals surface area contributed by atoms with Gasteiger partial charge in [-0.05, 0) is 24.3 Å². The molecule has 10 heavy (non-hydrogen) atoms. The first-order valence-electron chi connectivity index (χ1n) is 2.80. The molecule has 0 aliphatic heterocycles. The van der Waals surface area contributed by atoms with Gasteiger partial charge in [-0.1, -0.05) is 0 Å². The number of carbonyl (C=O) groups is 1. The van der Waals surface area contributed by atoms with Crippen LogP contribution >= 0.6 is 0 Å². The van der Waals surface area contributed by atoms with Crippen LogP contribution in [-0.4, -0.2) is 6.41 Å². The Morgan fingerprint density at radius 3 is 3.00 bits per heavy atom. The van der Waals surface area contributed by atoms with Crippen molar-refractivity contribution in [3.05, 3.63) is 24.3 Å². The molecule has 0 saturated heterocycles. The first kappa shape index (κ1) is 6.61. The van der Waals surface area contributed by atoms with Gasteiger partial charge in [0.05, 0.1) is 0 Å².